The van der Waals surface area contributed by atoms with Gasteiger partial charge in [-0.25, -0.2) is 0 Å². The van der Waals surface area contributed by atoms with E-state index in [9.17, 15) is 4.79 Å². The molecule has 1 aromatic rings. The van der Waals surface area contributed by atoms with Crippen molar-refractivity contribution in [1.82, 2.24) is 0 Å². The molecule has 2 heteroatoms. The SMILES string of the molecule is CC(C)[C@H]1CC[C@@H](C)C[C@@H]1OC(=O)C[C@H](C)c1ccccc1. The van der Waals surface area contributed by atoms with Crippen molar-refractivity contribution < 1.29 is 9.53 Å². The molecule has 22 heavy (non-hydrogen) atoms. The summed E-state index contributed by atoms with van der Waals surface area (Å²) in [4.78, 5) is 12.3. The molecule has 0 amide bonds. The molecule has 1 saturated carbocycles. The van der Waals surface area contributed by atoms with Crippen LogP contribution in [-0.4, -0.2) is 12.1 Å². The molecule has 0 heterocycles. The van der Waals surface area contributed by atoms with E-state index in [1.165, 1.54) is 18.4 Å². The van der Waals surface area contributed by atoms with Crippen molar-refractivity contribution in [2.24, 2.45) is 17.8 Å². The van der Waals surface area contributed by atoms with Crippen LogP contribution in [0.1, 0.15) is 64.9 Å². The molecule has 4 atom stereocenters. The van der Waals surface area contributed by atoms with Crippen molar-refractivity contribution in [3.8, 4) is 0 Å². The Bertz CT molecular complexity index is 466. The Balaban J connectivity index is 1.92. The molecule has 0 bridgehead atoms. The number of esters is 1. The van der Waals surface area contributed by atoms with Gasteiger partial charge in [-0.3, -0.25) is 4.79 Å². The maximum absolute atomic E-state index is 12.3. The normalized spacial score (nSPS) is 26.7. The van der Waals surface area contributed by atoms with Crippen molar-refractivity contribution in [2.45, 2.75) is 65.4 Å². The lowest BCUT2D eigenvalue weighted by atomic mass is 9.75. The molecular weight excluding hydrogens is 272 g/mol. The summed E-state index contributed by atoms with van der Waals surface area (Å²) in [5.74, 6) is 1.94. The van der Waals surface area contributed by atoms with Crippen LogP contribution in [0.4, 0.5) is 0 Å². The van der Waals surface area contributed by atoms with Crippen LogP contribution in [-0.2, 0) is 9.53 Å². The van der Waals surface area contributed by atoms with Crippen molar-refractivity contribution in [3.63, 3.8) is 0 Å². The fourth-order valence-electron chi connectivity index (χ4n) is 3.62. The Morgan fingerprint density at radius 1 is 1.18 bits per heavy atom. The predicted octanol–water partition coefficient (Wildman–Crippen LogP) is 5.18. The van der Waals surface area contributed by atoms with Gasteiger partial charge in [-0.2, -0.15) is 0 Å². The van der Waals surface area contributed by atoms with Crippen molar-refractivity contribution in [1.29, 1.82) is 0 Å². The minimum absolute atomic E-state index is 0.0406. The monoisotopic (exact) mass is 302 g/mol. The minimum Gasteiger partial charge on any atom is -0.462 e. The molecule has 1 aliphatic rings. The van der Waals surface area contributed by atoms with Crippen molar-refractivity contribution in [3.05, 3.63) is 35.9 Å². The second-order valence-corrected chi connectivity index (χ2v) is 7.37. The van der Waals surface area contributed by atoms with E-state index in [0.717, 1.165) is 6.42 Å². The third-order valence-electron chi connectivity index (χ3n) is 5.09. The highest BCUT2D eigenvalue weighted by Gasteiger charge is 2.33. The van der Waals surface area contributed by atoms with E-state index < -0.39 is 0 Å². The van der Waals surface area contributed by atoms with Gasteiger partial charge in [0.15, 0.2) is 0 Å². The smallest absolute Gasteiger partial charge is 0.306 e. The molecule has 0 spiro atoms. The summed E-state index contributed by atoms with van der Waals surface area (Å²) in [6, 6.07) is 10.2. The number of hydrogen-bond donors (Lipinski definition) is 0. The number of benzene rings is 1. The number of hydrogen-bond acceptors (Lipinski definition) is 2. The highest BCUT2D eigenvalue weighted by atomic mass is 16.5. The Morgan fingerprint density at radius 3 is 2.50 bits per heavy atom. The second kappa shape index (κ2) is 7.80. The number of carbonyl (C=O) groups is 1. The summed E-state index contributed by atoms with van der Waals surface area (Å²) in [5, 5.41) is 0. The summed E-state index contributed by atoms with van der Waals surface area (Å²) < 4.78 is 5.89. The van der Waals surface area contributed by atoms with Gasteiger partial charge in [0, 0.05) is 0 Å². The molecule has 2 rings (SSSR count). The van der Waals surface area contributed by atoms with Gasteiger partial charge < -0.3 is 4.74 Å². The van der Waals surface area contributed by atoms with Gasteiger partial charge in [0.2, 0.25) is 0 Å². The maximum Gasteiger partial charge on any atom is 0.306 e. The number of carbonyl (C=O) groups excluding carboxylic acids is 1. The average molecular weight is 302 g/mol. The summed E-state index contributed by atoms with van der Waals surface area (Å²) in [7, 11) is 0. The highest BCUT2D eigenvalue weighted by molar-refractivity contribution is 5.70. The molecule has 1 fully saturated rings. The lowest BCUT2D eigenvalue weighted by Crippen LogP contribution is -2.36. The Kier molecular flexibility index (Phi) is 6.05. The van der Waals surface area contributed by atoms with Gasteiger partial charge in [-0.1, -0.05) is 64.4 Å². The van der Waals surface area contributed by atoms with Crippen LogP contribution in [0.15, 0.2) is 30.3 Å². The quantitative estimate of drug-likeness (QED) is 0.700. The molecule has 1 aliphatic carbocycles. The maximum atomic E-state index is 12.3. The van der Waals surface area contributed by atoms with E-state index in [2.05, 4.69) is 39.8 Å². The van der Waals surface area contributed by atoms with Gasteiger partial charge in [0.05, 0.1) is 6.42 Å². The molecule has 0 saturated heterocycles. The molecule has 0 aliphatic heterocycles. The third-order valence-corrected chi connectivity index (χ3v) is 5.09. The van der Waals surface area contributed by atoms with Gasteiger partial charge in [-0.05, 0) is 42.1 Å². The van der Waals surface area contributed by atoms with Crippen molar-refractivity contribution >= 4 is 5.97 Å². The molecule has 0 radical (unpaired) electrons. The van der Waals surface area contributed by atoms with Crippen LogP contribution < -0.4 is 0 Å². The zero-order valence-electron chi connectivity index (χ0n) is 14.4. The molecular formula is C20H30O2. The second-order valence-electron chi connectivity index (χ2n) is 7.37. The molecule has 0 N–H and O–H groups in total. The minimum atomic E-state index is -0.0406. The van der Waals surface area contributed by atoms with Crippen LogP contribution in [0, 0.1) is 17.8 Å². The first-order valence-electron chi connectivity index (χ1n) is 8.71. The molecule has 0 unspecified atom stereocenters. The zero-order valence-corrected chi connectivity index (χ0v) is 14.4. The van der Waals surface area contributed by atoms with Gasteiger partial charge in [0.1, 0.15) is 6.10 Å². The zero-order chi connectivity index (χ0) is 16.1. The van der Waals surface area contributed by atoms with Crippen LogP contribution in [0.2, 0.25) is 0 Å². The highest BCUT2D eigenvalue weighted by Crippen LogP contribution is 2.35. The van der Waals surface area contributed by atoms with Crippen LogP contribution in [0.25, 0.3) is 0 Å². The van der Waals surface area contributed by atoms with Crippen LogP contribution in [0.3, 0.4) is 0 Å². The topological polar surface area (TPSA) is 26.3 Å². The number of ether oxygens (including phenoxy) is 1. The standard InChI is InChI=1S/C20H30O2/c1-14(2)18-11-10-15(3)12-19(18)22-20(21)13-16(4)17-8-6-5-7-9-17/h5-9,14-16,18-19H,10-13H2,1-4H3/t15-,16+,18-,19+/m1/s1. The summed E-state index contributed by atoms with van der Waals surface area (Å²) in [5.41, 5.74) is 1.21. The summed E-state index contributed by atoms with van der Waals surface area (Å²) in [6.45, 7) is 8.85. The van der Waals surface area contributed by atoms with E-state index >= 15 is 0 Å². The van der Waals surface area contributed by atoms with E-state index in [1.54, 1.807) is 0 Å². The first-order valence-corrected chi connectivity index (χ1v) is 8.71. The average Bonchev–Trinajstić information content (AvgIpc) is 2.47. The molecule has 0 aromatic heterocycles. The first-order chi connectivity index (χ1) is 10.5. The van der Waals surface area contributed by atoms with E-state index in [4.69, 9.17) is 4.74 Å². The predicted molar refractivity (Wildman–Crippen MR) is 90.7 cm³/mol. The first kappa shape index (κ1) is 17.1. The van der Waals surface area contributed by atoms with Gasteiger partial charge in [0.25, 0.3) is 0 Å². The van der Waals surface area contributed by atoms with Gasteiger partial charge in [-0.15, -0.1) is 0 Å². The Morgan fingerprint density at radius 2 is 1.86 bits per heavy atom. The summed E-state index contributed by atoms with van der Waals surface area (Å²) >= 11 is 0. The van der Waals surface area contributed by atoms with E-state index in [0.29, 0.717) is 24.2 Å². The lowest BCUT2D eigenvalue weighted by Gasteiger charge is -2.36. The van der Waals surface area contributed by atoms with E-state index in [1.807, 2.05) is 18.2 Å². The Hall–Kier alpha value is -1.31. The number of rotatable bonds is 5. The molecule has 122 valence electrons. The van der Waals surface area contributed by atoms with Crippen LogP contribution in [0.5, 0.6) is 0 Å². The van der Waals surface area contributed by atoms with Crippen LogP contribution >= 0.6 is 0 Å². The lowest BCUT2D eigenvalue weighted by molar-refractivity contribution is -0.156. The van der Waals surface area contributed by atoms with Gasteiger partial charge >= 0.3 is 5.97 Å². The molecule has 1 aromatic carbocycles. The largest absolute Gasteiger partial charge is 0.462 e. The van der Waals surface area contributed by atoms with Crippen molar-refractivity contribution in [2.75, 3.05) is 0 Å². The summed E-state index contributed by atoms with van der Waals surface area (Å²) in [6.07, 6.45) is 4.05. The fourth-order valence-corrected chi connectivity index (χ4v) is 3.62. The molecule has 2 nitrogen and oxygen atoms in total. The van der Waals surface area contributed by atoms with E-state index in [-0.39, 0.29) is 18.0 Å². The third kappa shape index (κ3) is 4.59. The Labute approximate surface area is 135 Å². The fraction of sp³-hybridized carbons (Fsp3) is 0.650.